The van der Waals surface area contributed by atoms with E-state index in [0.29, 0.717) is 51.4 Å². The van der Waals surface area contributed by atoms with Crippen molar-refractivity contribution in [3.63, 3.8) is 0 Å². The van der Waals surface area contributed by atoms with Crippen LogP contribution < -0.4 is 14.5 Å². The van der Waals surface area contributed by atoms with Crippen LogP contribution in [0.3, 0.4) is 0 Å². The zero-order chi connectivity index (χ0) is 31.0. The average Bonchev–Trinajstić information content (AvgIpc) is 3.35. The number of hydrogen-bond donors (Lipinski definition) is 0. The van der Waals surface area contributed by atoms with Crippen LogP contribution in [-0.4, -0.2) is 90.3 Å². The number of anilines is 2. The zero-order valence-electron chi connectivity index (χ0n) is 25.1. The normalized spacial score (nSPS) is 23.6. The third-order valence-electron chi connectivity index (χ3n) is 9.46. The highest BCUT2D eigenvalue weighted by atomic mass is 19.1. The molecule has 0 saturated carbocycles. The number of fused-ring (bicyclic) bond motifs is 2. The molecule has 9 nitrogen and oxygen atoms in total. The monoisotopic (exact) mass is 609 g/mol. The number of likely N-dealkylation sites (N-methyl/N-ethyl adjacent to an activating group) is 1. The number of benzene rings is 1. The number of halogens is 3. The van der Waals surface area contributed by atoms with Crippen molar-refractivity contribution in [3.05, 3.63) is 52.7 Å². The Morgan fingerprint density at radius 2 is 1.86 bits per heavy atom. The number of amides is 1. The summed E-state index contributed by atoms with van der Waals surface area (Å²) in [6.45, 7) is 5.81. The van der Waals surface area contributed by atoms with E-state index < -0.39 is 23.9 Å². The van der Waals surface area contributed by atoms with Crippen molar-refractivity contribution in [3.8, 4) is 12.1 Å². The summed E-state index contributed by atoms with van der Waals surface area (Å²) >= 11 is 0. The number of nitrogens with zero attached hydrogens (tertiary/aromatic N) is 7. The van der Waals surface area contributed by atoms with E-state index in [0.717, 1.165) is 53.8 Å². The van der Waals surface area contributed by atoms with Gasteiger partial charge in [0.2, 0.25) is 0 Å². The van der Waals surface area contributed by atoms with Crippen LogP contribution in [0, 0.1) is 17.1 Å². The molecule has 0 radical (unpaired) electrons. The molecule has 2 fully saturated rings. The molecule has 0 spiro atoms. The molecule has 12 heteroatoms. The molecule has 1 amide bonds. The molecule has 4 aliphatic rings. The first kappa shape index (κ1) is 30.2. The Balaban J connectivity index is 1.31. The number of likely N-dealkylation sites (tertiary alicyclic amines) is 1. The maximum Gasteiger partial charge on any atom is 0.318 e. The van der Waals surface area contributed by atoms with E-state index in [9.17, 15) is 23.2 Å². The molecule has 1 aliphatic carbocycles. The first-order chi connectivity index (χ1) is 21.2. The van der Waals surface area contributed by atoms with Crippen LogP contribution in [0.2, 0.25) is 0 Å². The highest BCUT2D eigenvalue weighted by Gasteiger charge is 2.36. The largest absolute Gasteiger partial charge is 0.462 e. The lowest BCUT2D eigenvalue weighted by Crippen LogP contribution is -2.55. The predicted octanol–water partition coefficient (Wildman–Crippen LogP) is 3.89. The van der Waals surface area contributed by atoms with E-state index in [-0.39, 0.29) is 37.4 Å². The number of nitriles is 1. The number of rotatable bonds is 7. The number of carbonyl (C=O) groups excluding carboxylic acids is 1. The Hall–Kier alpha value is -3.85. The lowest BCUT2D eigenvalue weighted by molar-refractivity contribution is -0.131. The third-order valence-corrected chi connectivity index (χ3v) is 9.46. The molecule has 1 aromatic heterocycles. The van der Waals surface area contributed by atoms with Gasteiger partial charge < -0.3 is 19.4 Å². The first-order valence-electron chi connectivity index (χ1n) is 15.4. The second-order valence-electron chi connectivity index (χ2n) is 12.3. The van der Waals surface area contributed by atoms with Gasteiger partial charge in [-0.05, 0) is 68.8 Å². The summed E-state index contributed by atoms with van der Waals surface area (Å²) in [5.74, 6) is -1.33. The summed E-state index contributed by atoms with van der Waals surface area (Å²) in [5.41, 5.74) is 4.66. The van der Waals surface area contributed by atoms with Crippen molar-refractivity contribution in [2.24, 2.45) is 0 Å². The highest BCUT2D eigenvalue weighted by Crippen LogP contribution is 2.37. The Morgan fingerprint density at radius 3 is 2.59 bits per heavy atom. The molecule has 3 aliphatic heterocycles. The molecule has 0 bridgehead atoms. The van der Waals surface area contributed by atoms with Crippen LogP contribution in [0.4, 0.5) is 24.7 Å². The third kappa shape index (κ3) is 5.94. The average molecular weight is 610 g/mol. The van der Waals surface area contributed by atoms with Crippen molar-refractivity contribution >= 4 is 17.4 Å². The SMILES string of the molecule is C=C(F)C(=O)N1CCN(c2nc(OC[C@@H]3C[C@@H](F)CN3C)nc3c2CCN(c2ccc(F)c4c2CCCC4)C3)C[C@@H]1CC#N. The minimum absolute atomic E-state index is 0.0357. The van der Waals surface area contributed by atoms with Gasteiger partial charge in [-0.25, -0.2) is 13.2 Å². The molecule has 0 N–H and O–H groups in total. The van der Waals surface area contributed by atoms with E-state index >= 15 is 0 Å². The van der Waals surface area contributed by atoms with Crippen LogP contribution >= 0.6 is 0 Å². The smallest absolute Gasteiger partial charge is 0.318 e. The van der Waals surface area contributed by atoms with Gasteiger partial charge in [0.15, 0.2) is 5.83 Å². The van der Waals surface area contributed by atoms with Crippen molar-refractivity contribution < 1.29 is 22.7 Å². The number of aromatic nitrogens is 2. The molecule has 3 atom stereocenters. The van der Waals surface area contributed by atoms with Crippen LogP contribution in [-0.2, 0) is 30.6 Å². The van der Waals surface area contributed by atoms with Crippen molar-refractivity contribution in [2.75, 3.05) is 56.2 Å². The van der Waals surface area contributed by atoms with Crippen LogP contribution in [0.25, 0.3) is 0 Å². The molecule has 2 aromatic rings. The molecule has 1 aromatic carbocycles. The van der Waals surface area contributed by atoms with Gasteiger partial charge in [0.25, 0.3) is 5.91 Å². The van der Waals surface area contributed by atoms with E-state index in [4.69, 9.17) is 14.7 Å². The number of piperazine rings is 1. The quantitative estimate of drug-likeness (QED) is 0.437. The van der Waals surface area contributed by atoms with Gasteiger partial charge in [0.1, 0.15) is 24.4 Å². The van der Waals surface area contributed by atoms with Crippen LogP contribution in [0.5, 0.6) is 6.01 Å². The molecule has 2 saturated heterocycles. The summed E-state index contributed by atoms with van der Waals surface area (Å²) in [7, 11) is 1.87. The number of carbonyl (C=O) groups is 1. The molecule has 234 valence electrons. The fourth-order valence-corrected chi connectivity index (χ4v) is 7.15. The summed E-state index contributed by atoms with van der Waals surface area (Å²) in [6.07, 6.45) is 3.74. The molecule has 44 heavy (non-hydrogen) atoms. The second-order valence-corrected chi connectivity index (χ2v) is 12.3. The van der Waals surface area contributed by atoms with Gasteiger partial charge in [0.05, 0.1) is 30.8 Å². The van der Waals surface area contributed by atoms with Gasteiger partial charge in [-0.2, -0.15) is 15.2 Å². The van der Waals surface area contributed by atoms with Crippen LogP contribution in [0.15, 0.2) is 24.5 Å². The summed E-state index contributed by atoms with van der Waals surface area (Å²) < 4.78 is 48.6. The van der Waals surface area contributed by atoms with E-state index in [1.54, 1.807) is 6.07 Å². The summed E-state index contributed by atoms with van der Waals surface area (Å²) in [4.78, 5) is 29.7. The minimum Gasteiger partial charge on any atom is -0.462 e. The zero-order valence-corrected chi connectivity index (χ0v) is 25.1. The van der Waals surface area contributed by atoms with E-state index in [1.807, 2.05) is 22.9 Å². The van der Waals surface area contributed by atoms with Gasteiger partial charge in [-0.1, -0.05) is 6.58 Å². The van der Waals surface area contributed by atoms with Crippen molar-refractivity contribution in [1.29, 1.82) is 5.26 Å². The topological polar surface area (TPSA) is 88.8 Å². The Bertz CT molecular complexity index is 1480. The lowest BCUT2D eigenvalue weighted by atomic mass is 9.89. The summed E-state index contributed by atoms with van der Waals surface area (Å²) in [5, 5.41) is 9.47. The molecule has 0 unspecified atom stereocenters. The Kier molecular flexibility index (Phi) is 8.67. The number of ether oxygens (including phenoxy) is 1. The van der Waals surface area contributed by atoms with E-state index in [2.05, 4.69) is 17.5 Å². The molecular formula is C32H38F3N7O2. The summed E-state index contributed by atoms with van der Waals surface area (Å²) in [6, 6.07) is 5.10. The van der Waals surface area contributed by atoms with Gasteiger partial charge in [-0.3, -0.25) is 9.69 Å². The number of alkyl halides is 1. The van der Waals surface area contributed by atoms with Crippen molar-refractivity contribution in [2.45, 2.75) is 69.7 Å². The van der Waals surface area contributed by atoms with Gasteiger partial charge in [0, 0.05) is 50.0 Å². The highest BCUT2D eigenvalue weighted by molar-refractivity contribution is 5.91. The Labute approximate surface area is 255 Å². The second kappa shape index (κ2) is 12.6. The fraction of sp³-hybridized carbons (Fsp3) is 0.562. The predicted molar refractivity (Wildman–Crippen MR) is 159 cm³/mol. The first-order valence-corrected chi connectivity index (χ1v) is 15.4. The Morgan fingerprint density at radius 1 is 1.07 bits per heavy atom. The molecule has 4 heterocycles. The van der Waals surface area contributed by atoms with Crippen molar-refractivity contribution in [1.82, 2.24) is 19.8 Å². The lowest BCUT2D eigenvalue weighted by Gasteiger charge is -2.42. The molecular weight excluding hydrogens is 571 g/mol. The van der Waals surface area contributed by atoms with Crippen LogP contribution in [0.1, 0.15) is 48.1 Å². The maximum atomic E-state index is 14.7. The van der Waals surface area contributed by atoms with Gasteiger partial charge in [-0.15, -0.1) is 0 Å². The fourth-order valence-electron chi connectivity index (χ4n) is 7.15. The van der Waals surface area contributed by atoms with E-state index in [1.165, 1.54) is 4.90 Å². The minimum atomic E-state index is -1.05. The maximum absolute atomic E-state index is 14.7. The molecule has 6 rings (SSSR count). The van der Waals surface area contributed by atoms with Gasteiger partial charge >= 0.3 is 6.01 Å². The number of hydrogen-bond acceptors (Lipinski definition) is 8. The standard InChI is InChI=1S/C32H38F3N7O2/c1-20(33)31(43)42-14-13-41(17-22(42)9-11-36)30-26-10-12-40(29-8-7-27(35)24-5-3-4-6-25(24)29)18-28(26)37-32(38-30)44-19-23-15-21(34)16-39(23)2/h7-8,21-23H,1,3-6,9-10,12-19H2,2H3/t21-,22+,23+/m1/s1.